The van der Waals surface area contributed by atoms with Crippen LogP contribution < -0.4 is 0 Å². The summed E-state index contributed by atoms with van der Waals surface area (Å²) in [5.41, 5.74) is 0. The molecule has 1 nitrogen and oxygen atoms in total. The second-order valence-electron chi connectivity index (χ2n) is 2.44. The average Bonchev–Trinajstić information content (AvgIpc) is 1.89. The Kier molecular flexibility index (Phi) is 6.28. The zero-order chi connectivity index (χ0) is 7.11. The van der Waals surface area contributed by atoms with Crippen LogP contribution in [0.1, 0.15) is 6.92 Å². The van der Waals surface area contributed by atoms with E-state index < -0.39 is 0 Å². The van der Waals surface area contributed by atoms with Crippen molar-refractivity contribution in [2.24, 2.45) is 0 Å². The van der Waals surface area contributed by atoms with E-state index in [0.717, 1.165) is 12.9 Å². The van der Waals surface area contributed by atoms with Gasteiger partial charge in [0.1, 0.15) is 15.1 Å². The van der Waals surface area contributed by atoms with Crippen LogP contribution >= 0.6 is 0 Å². The van der Waals surface area contributed by atoms with Crippen LogP contribution in [0.15, 0.2) is 0 Å². The van der Waals surface area contributed by atoms with Crippen molar-refractivity contribution in [3.63, 3.8) is 0 Å². The predicted molar refractivity (Wildman–Crippen MR) is 46.6 cm³/mol. The van der Waals surface area contributed by atoms with Gasteiger partial charge in [-0.1, -0.05) is 19.5 Å². The van der Waals surface area contributed by atoms with Crippen molar-refractivity contribution in [1.29, 1.82) is 0 Å². The van der Waals surface area contributed by atoms with Crippen LogP contribution in [-0.2, 0) is 4.74 Å². The summed E-state index contributed by atoms with van der Waals surface area (Å²) >= 11 is 0. The highest BCUT2D eigenvalue weighted by Crippen LogP contribution is 1.95. The standard InChI is InChI=1S/C6H16B2O/c1-6(5-7)9-4-3-8-2/h6,8H,3-5,7H2,1-2H3. The van der Waals surface area contributed by atoms with E-state index in [9.17, 15) is 0 Å². The van der Waals surface area contributed by atoms with Gasteiger partial charge in [0.25, 0.3) is 0 Å². The Balaban J connectivity index is 2.88. The fraction of sp³-hybridized carbons (Fsp3) is 1.00. The van der Waals surface area contributed by atoms with Gasteiger partial charge in [0.05, 0.1) is 0 Å². The topological polar surface area (TPSA) is 9.23 Å². The largest absolute Gasteiger partial charge is 0.380 e. The maximum atomic E-state index is 5.43. The van der Waals surface area contributed by atoms with E-state index in [1.54, 1.807) is 0 Å². The van der Waals surface area contributed by atoms with Crippen molar-refractivity contribution in [3.8, 4) is 0 Å². The second kappa shape index (κ2) is 6.21. The van der Waals surface area contributed by atoms with Gasteiger partial charge in [-0.3, -0.25) is 0 Å². The normalized spacial score (nSPS) is 13.1. The first-order valence-electron chi connectivity index (χ1n) is 3.92. The maximum Gasteiger partial charge on any atom is 0.120 e. The van der Waals surface area contributed by atoms with E-state index in [0.29, 0.717) is 6.10 Å². The van der Waals surface area contributed by atoms with Crippen LogP contribution in [0, 0.1) is 0 Å². The molecule has 0 aliphatic carbocycles. The molecule has 0 amide bonds. The maximum absolute atomic E-state index is 5.43. The summed E-state index contributed by atoms with van der Waals surface area (Å²) in [6, 6.07) is 0. The first kappa shape index (κ1) is 9.09. The molecule has 0 rings (SSSR count). The Morgan fingerprint density at radius 3 is 2.78 bits per heavy atom. The third-order valence-corrected chi connectivity index (χ3v) is 1.48. The van der Waals surface area contributed by atoms with Crippen molar-refractivity contribution in [3.05, 3.63) is 0 Å². The van der Waals surface area contributed by atoms with Crippen molar-refractivity contribution in [2.45, 2.75) is 32.5 Å². The summed E-state index contributed by atoms with van der Waals surface area (Å²) < 4.78 is 5.43. The second-order valence-corrected chi connectivity index (χ2v) is 2.44. The molecule has 52 valence electrons. The summed E-state index contributed by atoms with van der Waals surface area (Å²) in [4.78, 5) is 0. The molecule has 0 radical (unpaired) electrons. The van der Waals surface area contributed by atoms with Crippen molar-refractivity contribution in [2.75, 3.05) is 6.61 Å². The summed E-state index contributed by atoms with van der Waals surface area (Å²) in [6.07, 6.45) is 2.78. The van der Waals surface area contributed by atoms with Crippen molar-refractivity contribution < 1.29 is 4.74 Å². The van der Waals surface area contributed by atoms with Crippen LogP contribution in [0.5, 0.6) is 0 Å². The molecule has 1 unspecified atom stereocenters. The Hall–Kier alpha value is 0.0899. The molecule has 9 heavy (non-hydrogen) atoms. The van der Waals surface area contributed by atoms with E-state index in [1.807, 2.05) is 0 Å². The third kappa shape index (κ3) is 5.97. The van der Waals surface area contributed by atoms with E-state index in [4.69, 9.17) is 4.74 Å². The molecule has 0 saturated heterocycles. The molecule has 0 aliphatic heterocycles. The van der Waals surface area contributed by atoms with Crippen molar-refractivity contribution in [1.82, 2.24) is 0 Å². The Bertz CT molecular complexity index is 59.0. The molecular weight excluding hydrogens is 110 g/mol. The number of hydrogen-bond donors (Lipinski definition) is 0. The number of hydrogen-bond acceptors (Lipinski definition) is 1. The monoisotopic (exact) mass is 126 g/mol. The summed E-state index contributed by atoms with van der Waals surface area (Å²) in [5.74, 6) is 0. The first-order valence-corrected chi connectivity index (χ1v) is 3.92. The van der Waals surface area contributed by atoms with Crippen LogP contribution in [-0.4, -0.2) is 27.8 Å². The molecule has 0 bridgehead atoms. The number of ether oxygens (including phenoxy) is 1. The SMILES string of the molecule is BCC(C)OCCBC. The first-order chi connectivity index (χ1) is 4.31. The van der Waals surface area contributed by atoms with Crippen molar-refractivity contribution >= 4 is 15.1 Å². The predicted octanol–water partition coefficient (Wildman–Crippen LogP) is 0.346. The molecule has 3 heteroatoms. The smallest absolute Gasteiger partial charge is 0.120 e. The molecule has 0 spiro atoms. The molecule has 0 aromatic heterocycles. The Labute approximate surface area is 59.8 Å². The van der Waals surface area contributed by atoms with Crippen LogP contribution in [0.3, 0.4) is 0 Å². The lowest BCUT2D eigenvalue weighted by molar-refractivity contribution is 0.0903. The Morgan fingerprint density at radius 2 is 2.33 bits per heavy atom. The molecule has 1 atom stereocenters. The van der Waals surface area contributed by atoms with Gasteiger partial charge in [0.2, 0.25) is 0 Å². The molecule has 0 fully saturated rings. The number of rotatable bonds is 5. The lowest BCUT2D eigenvalue weighted by Crippen LogP contribution is -2.08. The molecular formula is C6H16B2O. The van der Waals surface area contributed by atoms with Crippen LogP contribution in [0.2, 0.25) is 19.5 Å². The van der Waals surface area contributed by atoms with Gasteiger partial charge in [-0.2, -0.15) is 0 Å². The minimum Gasteiger partial charge on any atom is -0.380 e. The molecule has 0 aromatic rings. The summed E-state index contributed by atoms with van der Waals surface area (Å²) in [6.45, 7) is 5.24. The van der Waals surface area contributed by atoms with Gasteiger partial charge in [-0.25, -0.2) is 0 Å². The highest BCUT2D eigenvalue weighted by molar-refractivity contribution is 6.33. The van der Waals surface area contributed by atoms with Gasteiger partial charge in [-0.05, 0) is 6.92 Å². The zero-order valence-corrected chi connectivity index (χ0v) is 6.81. The van der Waals surface area contributed by atoms with E-state index in [2.05, 4.69) is 21.6 Å². The van der Waals surface area contributed by atoms with Crippen LogP contribution in [0.25, 0.3) is 0 Å². The molecule has 0 heterocycles. The molecule has 0 N–H and O–H groups in total. The lowest BCUT2D eigenvalue weighted by Gasteiger charge is -2.08. The van der Waals surface area contributed by atoms with Gasteiger partial charge < -0.3 is 4.74 Å². The minimum atomic E-state index is 0.455. The molecule has 0 aliphatic rings. The summed E-state index contributed by atoms with van der Waals surface area (Å²) in [5, 5.41) is 0. The fourth-order valence-electron chi connectivity index (χ4n) is 0.547. The van der Waals surface area contributed by atoms with E-state index >= 15 is 0 Å². The zero-order valence-electron chi connectivity index (χ0n) is 6.81. The highest BCUT2D eigenvalue weighted by atomic mass is 16.5. The highest BCUT2D eigenvalue weighted by Gasteiger charge is 1.95. The quantitative estimate of drug-likeness (QED) is 0.381. The van der Waals surface area contributed by atoms with E-state index in [-0.39, 0.29) is 0 Å². The minimum absolute atomic E-state index is 0.455. The van der Waals surface area contributed by atoms with Crippen LogP contribution in [0.4, 0.5) is 0 Å². The van der Waals surface area contributed by atoms with Gasteiger partial charge in [0.15, 0.2) is 0 Å². The average molecular weight is 126 g/mol. The molecule has 0 saturated carbocycles. The van der Waals surface area contributed by atoms with Gasteiger partial charge >= 0.3 is 0 Å². The summed E-state index contributed by atoms with van der Waals surface area (Å²) in [7, 11) is 3.38. The fourth-order valence-corrected chi connectivity index (χ4v) is 0.547. The Morgan fingerprint density at radius 1 is 1.67 bits per heavy atom. The molecule has 0 aromatic carbocycles. The lowest BCUT2D eigenvalue weighted by atomic mass is 9.79. The van der Waals surface area contributed by atoms with Gasteiger partial charge in [-0.15, -0.1) is 0 Å². The van der Waals surface area contributed by atoms with E-state index in [1.165, 1.54) is 13.6 Å². The third-order valence-electron chi connectivity index (χ3n) is 1.48. The van der Waals surface area contributed by atoms with Gasteiger partial charge in [0, 0.05) is 12.7 Å².